The van der Waals surface area contributed by atoms with Gasteiger partial charge in [-0.15, -0.1) is 0 Å². The summed E-state index contributed by atoms with van der Waals surface area (Å²) in [4.78, 5) is 25.0. The molecule has 2 heterocycles. The Hall–Kier alpha value is -4.05. The van der Waals surface area contributed by atoms with Gasteiger partial charge in [0.15, 0.2) is 5.71 Å². The van der Waals surface area contributed by atoms with E-state index in [-0.39, 0.29) is 16.7 Å². The highest BCUT2D eigenvalue weighted by Crippen LogP contribution is 2.47. The molecule has 0 atom stereocenters. The molecule has 50 heavy (non-hydrogen) atoms. The molecule has 0 unspecified atom stereocenters. The van der Waals surface area contributed by atoms with Gasteiger partial charge >= 0.3 is 0 Å². The molecule has 9 heteroatoms. The minimum atomic E-state index is -0.104. The number of hydrogen-bond acceptors (Lipinski definition) is 6. The van der Waals surface area contributed by atoms with E-state index in [1.807, 2.05) is 0 Å². The third-order valence-corrected chi connectivity index (χ3v) is 9.54. The lowest BCUT2D eigenvalue weighted by Crippen LogP contribution is -2.28. The SMILES string of the molecule is C[N+]1=C(/C=C/C=C/C=C2/N(CCCCCC(=O)NCCOCCOCCOCCNC=O)c3ccccc3C2(C)C)C(C)(C)c2ccccc21. The van der Waals surface area contributed by atoms with Gasteiger partial charge in [0.1, 0.15) is 7.05 Å². The number of ether oxygens (including phenoxy) is 3. The fraction of sp³-hybridized carbons (Fsp3) is 0.488. The molecule has 9 nitrogen and oxygen atoms in total. The molecule has 0 radical (unpaired) electrons. The summed E-state index contributed by atoms with van der Waals surface area (Å²) in [5.41, 5.74) is 7.69. The highest BCUT2D eigenvalue weighted by Gasteiger charge is 2.42. The molecule has 0 aromatic heterocycles. The lowest BCUT2D eigenvalue weighted by atomic mass is 9.81. The van der Waals surface area contributed by atoms with Gasteiger partial charge in [-0.3, -0.25) is 9.59 Å². The molecular weight excluding hydrogens is 628 g/mol. The van der Waals surface area contributed by atoms with Crippen LogP contribution in [0.5, 0.6) is 0 Å². The average Bonchev–Trinajstić information content (AvgIpc) is 3.44. The largest absolute Gasteiger partial charge is 0.377 e. The topological polar surface area (TPSA) is 92.1 Å². The fourth-order valence-corrected chi connectivity index (χ4v) is 6.86. The summed E-state index contributed by atoms with van der Waals surface area (Å²) in [6, 6.07) is 17.4. The first-order valence-corrected chi connectivity index (χ1v) is 18.0. The van der Waals surface area contributed by atoms with Crippen LogP contribution in [0.1, 0.15) is 64.5 Å². The van der Waals surface area contributed by atoms with Gasteiger partial charge in [-0.05, 0) is 44.4 Å². The first kappa shape index (κ1) is 38.7. The van der Waals surface area contributed by atoms with Crippen LogP contribution in [-0.4, -0.2) is 88.9 Å². The molecule has 2 aliphatic rings. The number of rotatable bonds is 22. The summed E-state index contributed by atoms with van der Waals surface area (Å²) in [5, 5.41) is 5.49. The minimum absolute atomic E-state index is 0.0412. The van der Waals surface area contributed by atoms with Gasteiger partial charge in [0.2, 0.25) is 18.0 Å². The van der Waals surface area contributed by atoms with E-state index in [1.54, 1.807) is 0 Å². The van der Waals surface area contributed by atoms with Gasteiger partial charge in [-0.2, -0.15) is 4.58 Å². The van der Waals surface area contributed by atoms with Crippen LogP contribution in [0.3, 0.4) is 0 Å². The molecule has 2 amide bonds. The molecule has 0 aliphatic carbocycles. The van der Waals surface area contributed by atoms with Crippen LogP contribution in [0.4, 0.5) is 11.4 Å². The zero-order valence-electron chi connectivity index (χ0n) is 30.7. The summed E-state index contributed by atoms with van der Waals surface area (Å²) in [7, 11) is 2.15. The monoisotopic (exact) mass is 685 g/mol. The predicted octanol–water partition coefficient (Wildman–Crippen LogP) is 5.96. The van der Waals surface area contributed by atoms with Crippen molar-refractivity contribution in [3.05, 3.63) is 95.7 Å². The number of allylic oxidation sites excluding steroid dienone is 6. The molecule has 2 N–H and O–H groups in total. The molecule has 0 bridgehead atoms. The van der Waals surface area contributed by atoms with Crippen molar-refractivity contribution in [1.29, 1.82) is 0 Å². The van der Waals surface area contributed by atoms with E-state index < -0.39 is 0 Å². The molecule has 0 saturated carbocycles. The van der Waals surface area contributed by atoms with Crippen LogP contribution < -0.4 is 15.5 Å². The zero-order valence-corrected chi connectivity index (χ0v) is 30.7. The highest BCUT2D eigenvalue weighted by molar-refractivity contribution is 6.03. The van der Waals surface area contributed by atoms with Crippen molar-refractivity contribution in [3.8, 4) is 0 Å². The van der Waals surface area contributed by atoms with Crippen molar-refractivity contribution < 1.29 is 28.4 Å². The van der Waals surface area contributed by atoms with Crippen molar-refractivity contribution in [1.82, 2.24) is 10.6 Å². The van der Waals surface area contributed by atoms with Crippen LogP contribution in [0, 0.1) is 0 Å². The molecule has 0 spiro atoms. The number of carbonyl (C=O) groups excluding carboxylic acids is 2. The van der Waals surface area contributed by atoms with E-state index in [1.165, 1.54) is 33.9 Å². The molecule has 2 aromatic rings. The highest BCUT2D eigenvalue weighted by atomic mass is 16.5. The van der Waals surface area contributed by atoms with Gasteiger partial charge in [0.25, 0.3) is 0 Å². The number of hydrogen-bond donors (Lipinski definition) is 2. The van der Waals surface area contributed by atoms with Crippen LogP contribution in [0.2, 0.25) is 0 Å². The van der Waals surface area contributed by atoms with Gasteiger partial charge in [-0.1, -0.05) is 74.9 Å². The fourth-order valence-electron chi connectivity index (χ4n) is 6.86. The van der Waals surface area contributed by atoms with Crippen molar-refractivity contribution >= 4 is 29.4 Å². The normalized spacial score (nSPS) is 16.8. The standard InChI is InChI=1S/C41H56N4O5/c1-40(2)33-16-11-13-18-35(33)44(5)37(40)20-8-6-9-21-38-41(3,4)34-17-12-14-19-36(34)45(38)25-15-7-10-22-39(47)43-24-27-49-29-31-50-30-28-48-26-23-42-32-46/h6,8-9,11-14,16-21,32H,7,10,15,22-31H2,1-5H3,(H-,42,43,46,47)/p+1. The van der Waals surface area contributed by atoms with Crippen molar-refractivity contribution in [2.24, 2.45) is 0 Å². The van der Waals surface area contributed by atoms with E-state index in [0.717, 1.165) is 25.8 Å². The summed E-state index contributed by atoms with van der Waals surface area (Å²) in [5.74, 6) is 0.0618. The Morgan fingerprint density at radius 2 is 1.44 bits per heavy atom. The van der Waals surface area contributed by atoms with E-state index >= 15 is 0 Å². The van der Waals surface area contributed by atoms with Crippen LogP contribution in [0.25, 0.3) is 0 Å². The lowest BCUT2D eigenvalue weighted by molar-refractivity contribution is -0.401. The maximum atomic E-state index is 12.4. The Kier molecular flexibility index (Phi) is 15.0. The quantitative estimate of drug-likeness (QED) is 0.0689. The second-order valence-corrected chi connectivity index (χ2v) is 13.7. The second kappa shape index (κ2) is 19.4. The first-order chi connectivity index (χ1) is 24.2. The molecule has 2 aliphatic heterocycles. The van der Waals surface area contributed by atoms with Gasteiger partial charge in [0, 0.05) is 60.6 Å². The molecular formula is C41H57N4O5+. The minimum Gasteiger partial charge on any atom is -0.377 e. The number of carbonyl (C=O) groups is 2. The zero-order chi connectivity index (χ0) is 35.8. The number of nitrogens with zero attached hydrogens (tertiary/aromatic N) is 2. The number of anilines is 1. The number of para-hydroxylation sites is 2. The number of amides is 2. The second-order valence-electron chi connectivity index (χ2n) is 13.7. The summed E-state index contributed by atoms with van der Waals surface area (Å²) >= 11 is 0. The number of fused-ring (bicyclic) bond motifs is 2. The van der Waals surface area contributed by atoms with Gasteiger partial charge < -0.3 is 29.7 Å². The Bertz CT molecular complexity index is 1540. The number of unbranched alkanes of at least 4 members (excludes halogenated alkanes) is 2. The predicted molar refractivity (Wildman–Crippen MR) is 201 cm³/mol. The summed E-state index contributed by atoms with van der Waals surface area (Å²) < 4.78 is 18.6. The average molecular weight is 686 g/mol. The molecule has 0 saturated heterocycles. The van der Waals surface area contributed by atoms with Crippen molar-refractivity contribution in [2.45, 2.75) is 64.2 Å². The first-order valence-electron chi connectivity index (χ1n) is 18.0. The van der Waals surface area contributed by atoms with Crippen LogP contribution in [-0.2, 0) is 34.6 Å². The number of nitrogens with one attached hydrogen (secondary N) is 2. The molecule has 270 valence electrons. The Balaban J connectivity index is 1.18. The third-order valence-electron chi connectivity index (χ3n) is 9.54. The van der Waals surface area contributed by atoms with Crippen LogP contribution in [0.15, 0.2) is 84.6 Å². The molecule has 0 fully saturated rings. The molecule has 4 rings (SSSR count). The van der Waals surface area contributed by atoms with Crippen LogP contribution >= 0.6 is 0 Å². The summed E-state index contributed by atoms with van der Waals surface area (Å²) in [6.07, 6.45) is 15.0. The maximum absolute atomic E-state index is 12.4. The maximum Gasteiger partial charge on any atom is 0.220 e. The van der Waals surface area contributed by atoms with E-state index in [0.29, 0.717) is 65.6 Å². The smallest absolute Gasteiger partial charge is 0.220 e. The van der Waals surface area contributed by atoms with E-state index in [9.17, 15) is 9.59 Å². The van der Waals surface area contributed by atoms with Gasteiger partial charge in [-0.25, -0.2) is 0 Å². The Labute approximate surface area is 299 Å². The van der Waals surface area contributed by atoms with E-state index in [4.69, 9.17) is 14.2 Å². The Morgan fingerprint density at radius 1 is 0.780 bits per heavy atom. The summed E-state index contributed by atoms with van der Waals surface area (Å²) in [6.45, 7) is 13.9. The van der Waals surface area contributed by atoms with Crippen molar-refractivity contribution in [2.75, 3.05) is 71.2 Å². The van der Waals surface area contributed by atoms with E-state index in [2.05, 4.69) is 134 Å². The van der Waals surface area contributed by atoms with Crippen molar-refractivity contribution in [3.63, 3.8) is 0 Å². The molecule has 2 aromatic carbocycles. The lowest BCUT2D eigenvalue weighted by Gasteiger charge is -2.27. The van der Waals surface area contributed by atoms with Gasteiger partial charge in [0.05, 0.1) is 45.1 Å². The number of benzene rings is 2. The third kappa shape index (κ3) is 10.2. The Morgan fingerprint density at radius 3 is 2.16 bits per heavy atom.